The Morgan fingerprint density at radius 3 is 2.45 bits per heavy atom. The van der Waals surface area contributed by atoms with Crippen molar-refractivity contribution in [3.63, 3.8) is 0 Å². The number of benzene rings is 3. The second kappa shape index (κ2) is 9.80. The molecular weight excluding hydrogens is 562 g/mol. The number of nitrogens with zero attached hydrogens (tertiary/aromatic N) is 1. The Bertz CT molecular complexity index is 1250. The predicted molar refractivity (Wildman–Crippen MR) is 132 cm³/mol. The van der Waals surface area contributed by atoms with Crippen LogP contribution in [0, 0.1) is 9.39 Å². The minimum Gasteiger partial charge on any atom is -0.493 e. The van der Waals surface area contributed by atoms with E-state index in [-0.39, 0.29) is 18.1 Å². The van der Waals surface area contributed by atoms with Crippen molar-refractivity contribution in [3.05, 3.63) is 91.9 Å². The molecule has 0 aromatic heterocycles. The Morgan fingerprint density at radius 1 is 1.09 bits per heavy atom. The number of carbonyl (C=O) groups excluding carboxylic acids is 2. The molecular formula is C24H17ClFIN2O4. The third-order valence-corrected chi connectivity index (χ3v) is 5.88. The van der Waals surface area contributed by atoms with Crippen LogP contribution in [0.5, 0.6) is 11.5 Å². The van der Waals surface area contributed by atoms with Crippen molar-refractivity contribution in [2.45, 2.75) is 6.61 Å². The highest BCUT2D eigenvalue weighted by Gasteiger charge is 2.34. The van der Waals surface area contributed by atoms with Gasteiger partial charge in [-0.2, -0.15) is 0 Å². The molecule has 0 spiro atoms. The molecule has 1 saturated heterocycles. The van der Waals surface area contributed by atoms with Gasteiger partial charge in [-0.05, 0) is 88.3 Å². The van der Waals surface area contributed by atoms with Gasteiger partial charge >= 0.3 is 6.03 Å². The molecule has 1 heterocycles. The highest BCUT2D eigenvalue weighted by atomic mass is 127. The second-order valence-corrected chi connectivity index (χ2v) is 8.65. The fraction of sp³-hybridized carbons (Fsp3) is 0.0833. The summed E-state index contributed by atoms with van der Waals surface area (Å²) in [5.41, 5.74) is 2.00. The largest absolute Gasteiger partial charge is 0.493 e. The van der Waals surface area contributed by atoms with Crippen molar-refractivity contribution >= 4 is 57.9 Å². The molecule has 3 amide bonds. The topological polar surface area (TPSA) is 67.9 Å². The molecule has 9 heteroatoms. The average Bonchev–Trinajstić information content (AvgIpc) is 3.07. The quantitative estimate of drug-likeness (QED) is 0.229. The van der Waals surface area contributed by atoms with Crippen LogP contribution in [0.4, 0.5) is 14.9 Å². The Labute approximate surface area is 208 Å². The molecule has 4 rings (SSSR count). The number of ether oxygens (including phenoxy) is 2. The van der Waals surface area contributed by atoms with Crippen molar-refractivity contribution in [2.24, 2.45) is 0 Å². The summed E-state index contributed by atoms with van der Waals surface area (Å²) < 4.78 is 25.2. The van der Waals surface area contributed by atoms with Gasteiger partial charge in [0.25, 0.3) is 5.91 Å². The number of amides is 3. The van der Waals surface area contributed by atoms with E-state index in [0.29, 0.717) is 27.8 Å². The van der Waals surface area contributed by atoms with Crippen LogP contribution in [0.3, 0.4) is 0 Å². The van der Waals surface area contributed by atoms with Crippen molar-refractivity contribution < 1.29 is 23.5 Å². The zero-order valence-electron chi connectivity index (χ0n) is 17.3. The van der Waals surface area contributed by atoms with Crippen molar-refractivity contribution in [1.82, 2.24) is 5.32 Å². The standard InChI is InChI=1S/C24H17ClFIN2O4/c1-32-21-12-15(10-19(27)22(21)33-13-14-2-6-17(26)7-3-14)11-20-23(30)29(24(31)28-20)18-8-4-16(25)5-9-18/h2-12H,13H2,1H3,(H,28,31)/b20-11+. The van der Waals surface area contributed by atoms with Crippen LogP contribution in [0.2, 0.25) is 5.02 Å². The van der Waals surface area contributed by atoms with Gasteiger partial charge in [-0.15, -0.1) is 0 Å². The number of urea groups is 1. The van der Waals surface area contributed by atoms with E-state index in [1.165, 1.54) is 19.2 Å². The normalized spacial score (nSPS) is 14.5. The van der Waals surface area contributed by atoms with Gasteiger partial charge in [-0.1, -0.05) is 23.7 Å². The van der Waals surface area contributed by atoms with E-state index in [4.69, 9.17) is 21.1 Å². The van der Waals surface area contributed by atoms with E-state index in [1.807, 2.05) is 0 Å². The first-order valence-corrected chi connectivity index (χ1v) is 11.2. The molecule has 168 valence electrons. The molecule has 3 aromatic carbocycles. The van der Waals surface area contributed by atoms with Gasteiger partial charge in [0, 0.05) is 5.02 Å². The van der Waals surface area contributed by atoms with E-state index in [9.17, 15) is 14.0 Å². The predicted octanol–water partition coefficient (Wildman–Crippen LogP) is 5.77. The lowest BCUT2D eigenvalue weighted by Crippen LogP contribution is -2.30. The van der Waals surface area contributed by atoms with Crippen molar-refractivity contribution in [3.8, 4) is 11.5 Å². The zero-order valence-corrected chi connectivity index (χ0v) is 20.2. The summed E-state index contributed by atoms with van der Waals surface area (Å²) in [6, 6.07) is 15.4. The fourth-order valence-electron chi connectivity index (χ4n) is 3.23. The van der Waals surface area contributed by atoms with Crippen LogP contribution in [0.15, 0.2) is 66.4 Å². The number of anilines is 1. The summed E-state index contributed by atoms with van der Waals surface area (Å²) in [6.45, 7) is 0.234. The van der Waals surface area contributed by atoms with Gasteiger partial charge in [0.05, 0.1) is 16.4 Å². The first-order chi connectivity index (χ1) is 15.9. The third kappa shape index (κ3) is 5.12. The minimum atomic E-state index is -0.547. The van der Waals surface area contributed by atoms with Crippen LogP contribution >= 0.6 is 34.2 Å². The maximum Gasteiger partial charge on any atom is 0.333 e. The van der Waals surface area contributed by atoms with E-state index >= 15 is 0 Å². The number of nitrogens with one attached hydrogen (secondary N) is 1. The maximum absolute atomic E-state index is 13.1. The van der Waals surface area contributed by atoms with Gasteiger partial charge in [-0.25, -0.2) is 14.1 Å². The van der Waals surface area contributed by atoms with Gasteiger partial charge in [0.1, 0.15) is 18.1 Å². The van der Waals surface area contributed by atoms with Crippen LogP contribution in [-0.4, -0.2) is 19.0 Å². The fourth-order valence-corrected chi connectivity index (χ4v) is 4.13. The number of halogens is 3. The van der Waals surface area contributed by atoms with Crippen LogP contribution in [0.25, 0.3) is 6.08 Å². The third-order valence-electron chi connectivity index (χ3n) is 4.82. The Kier molecular flexibility index (Phi) is 6.85. The Morgan fingerprint density at radius 2 is 1.79 bits per heavy atom. The lowest BCUT2D eigenvalue weighted by Gasteiger charge is -2.14. The Hall–Kier alpha value is -3.11. The molecule has 6 nitrogen and oxygen atoms in total. The molecule has 0 unspecified atom stereocenters. The highest BCUT2D eigenvalue weighted by molar-refractivity contribution is 14.1. The van der Waals surface area contributed by atoms with Gasteiger partial charge in [-0.3, -0.25) is 4.79 Å². The second-order valence-electron chi connectivity index (χ2n) is 7.05. The van der Waals surface area contributed by atoms with E-state index in [1.54, 1.807) is 54.6 Å². The highest BCUT2D eigenvalue weighted by Crippen LogP contribution is 2.35. The van der Waals surface area contributed by atoms with Gasteiger partial charge < -0.3 is 14.8 Å². The van der Waals surface area contributed by atoms with Crippen molar-refractivity contribution in [1.29, 1.82) is 0 Å². The van der Waals surface area contributed by atoms with E-state index < -0.39 is 11.9 Å². The van der Waals surface area contributed by atoms with Crippen LogP contribution < -0.4 is 19.7 Å². The lowest BCUT2D eigenvalue weighted by atomic mass is 10.1. The molecule has 1 N–H and O–H groups in total. The smallest absolute Gasteiger partial charge is 0.333 e. The SMILES string of the molecule is COc1cc(/C=C2/NC(=O)N(c3ccc(Cl)cc3)C2=O)cc(I)c1OCc1ccc(F)cc1. The lowest BCUT2D eigenvalue weighted by molar-refractivity contribution is -0.113. The number of imide groups is 1. The number of rotatable bonds is 6. The minimum absolute atomic E-state index is 0.132. The first kappa shape index (κ1) is 23.1. The molecule has 0 saturated carbocycles. The summed E-state index contributed by atoms with van der Waals surface area (Å²) in [5.74, 6) is 0.191. The maximum atomic E-state index is 13.1. The van der Waals surface area contributed by atoms with Gasteiger partial charge in [0.2, 0.25) is 0 Å². The molecule has 0 radical (unpaired) electrons. The molecule has 0 aliphatic carbocycles. The molecule has 0 bridgehead atoms. The summed E-state index contributed by atoms with van der Waals surface area (Å²) in [5, 5.41) is 3.10. The number of carbonyl (C=O) groups is 2. The summed E-state index contributed by atoms with van der Waals surface area (Å²) in [4.78, 5) is 26.3. The summed E-state index contributed by atoms with van der Waals surface area (Å²) in [6.07, 6.45) is 1.57. The average molecular weight is 579 g/mol. The number of methoxy groups -OCH3 is 1. The van der Waals surface area contributed by atoms with E-state index in [0.717, 1.165) is 14.0 Å². The molecule has 3 aromatic rings. The number of hydrogen-bond acceptors (Lipinski definition) is 4. The number of hydrogen-bond donors (Lipinski definition) is 1. The summed E-state index contributed by atoms with van der Waals surface area (Å²) in [7, 11) is 1.51. The molecule has 33 heavy (non-hydrogen) atoms. The van der Waals surface area contributed by atoms with E-state index in [2.05, 4.69) is 27.9 Å². The molecule has 0 atom stereocenters. The first-order valence-electron chi connectivity index (χ1n) is 9.73. The molecule has 1 aliphatic heterocycles. The molecule has 1 aliphatic rings. The summed E-state index contributed by atoms with van der Waals surface area (Å²) >= 11 is 8.00. The Balaban J connectivity index is 1.57. The van der Waals surface area contributed by atoms with Crippen LogP contribution in [-0.2, 0) is 11.4 Å². The van der Waals surface area contributed by atoms with Gasteiger partial charge in [0.15, 0.2) is 11.5 Å². The van der Waals surface area contributed by atoms with Crippen LogP contribution in [0.1, 0.15) is 11.1 Å². The molecule has 1 fully saturated rings. The zero-order chi connectivity index (χ0) is 23.5. The monoisotopic (exact) mass is 578 g/mol. The van der Waals surface area contributed by atoms with Crippen molar-refractivity contribution in [2.75, 3.05) is 12.0 Å².